The Morgan fingerprint density at radius 2 is 2.00 bits per heavy atom. The van der Waals surface area contributed by atoms with Crippen LogP contribution in [0.25, 0.3) is 21.5 Å². The van der Waals surface area contributed by atoms with E-state index in [1.54, 1.807) is 11.3 Å². The maximum absolute atomic E-state index is 4.70. The molecule has 0 saturated carbocycles. The first-order valence-corrected chi connectivity index (χ1v) is 6.38. The van der Waals surface area contributed by atoms with Crippen molar-refractivity contribution in [3.8, 4) is 10.6 Å². The van der Waals surface area contributed by atoms with Crippen LogP contribution in [0.3, 0.4) is 0 Å². The normalized spacial score (nSPS) is 10.6. The van der Waals surface area contributed by atoms with Gasteiger partial charge in [-0.15, -0.1) is 11.3 Å². The van der Waals surface area contributed by atoms with Crippen LogP contribution in [0.5, 0.6) is 0 Å². The number of rotatable bonds is 2. The van der Waals surface area contributed by atoms with Crippen LogP contribution in [-0.4, -0.2) is 12.0 Å². The molecule has 2 nitrogen and oxygen atoms in total. The minimum atomic E-state index is 1.03. The summed E-state index contributed by atoms with van der Waals surface area (Å²) in [6, 6.07) is 14.5. The van der Waals surface area contributed by atoms with Gasteiger partial charge in [-0.1, -0.05) is 24.3 Å². The quantitative estimate of drug-likeness (QED) is 0.732. The average molecular weight is 240 g/mol. The summed E-state index contributed by atoms with van der Waals surface area (Å²) in [5.74, 6) is 0. The fraction of sp³-hybridized carbons (Fsp3) is 0.0714. The summed E-state index contributed by atoms with van der Waals surface area (Å²) in [6.07, 6.45) is 0. The summed E-state index contributed by atoms with van der Waals surface area (Å²) < 4.78 is 0. The second kappa shape index (κ2) is 4.18. The Morgan fingerprint density at radius 3 is 2.76 bits per heavy atom. The lowest BCUT2D eigenvalue weighted by Gasteiger charge is -2.07. The number of anilines is 1. The predicted molar refractivity (Wildman–Crippen MR) is 74.6 cm³/mol. The van der Waals surface area contributed by atoms with Crippen molar-refractivity contribution in [3.63, 3.8) is 0 Å². The third-order valence-corrected chi connectivity index (χ3v) is 3.65. The third-order valence-electron chi connectivity index (χ3n) is 2.76. The molecule has 2 heterocycles. The molecule has 0 radical (unpaired) electrons. The summed E-state index contributed by atoms with van der Waals surface area (Å²) in [5, 5.41) is 6.47. The van der Waals surface area contributed by atoms with Gasteiger partial charge in [0.1, 0.15) is 0 Å². The molecule has 84 valence electrons. The first-order chi connectivity index (χ1) is 8.38. The fourth-order valence-corrected chi connectivity index (χ4v) is 2.62. The fourth-order valence-electron chi connectivity index (χ4n) is 1.93. The highest BCUT2D eigenvalue weighted by atomic mass is 32.1. The van der Waals surface area contributed by atoms with E-state index in [0.29, 0.717) is 0 Å². The molecule has 17 heavy (non-hydrogen) atoms. The van der Waals surface area contributed by atoms with Gasteiger partial charge in [0.15, 0.2) is 0 Å². The largest absolute Gasteiger partial charge is 0.388 e. The van der Waals surface area contributed by atoms with Gasteiger partial charge in [0.2, 0.25) is 0 Å². The highest BCUT2D eigenvalue weighted by Gasteiger charge is 2.06. The molecule has 3 rings (SSSR count). The van der Waals surface area contributed by atoms with Crippen LogP contribution in [0.2, 0.25) is 0 Å². The molecule has 0 atom stereocenters. The molecule has 2 aromatic heterocycles. The predicted octanol–water partition coefficient (Wildman–Crippen LogP) is 4.01. The lowest BCUT2D eigenvalue weighted by Crippen LogP contribution is -1.92. The number of pyridine rings is 1. The molecule has 1 aromatic carbocycles. The van der Waals surface area contributed by atoms with Crippen LogP contribution >= 0.6 is 11.3 Å². The molecule has 3 heteroatoms. The van der Waals surface area contributed by atoms with Crippen LogP contribution in [0.15, 0.2) is 47.8 Å². The van der Waals surface area contributed by atoms with Gasteiger partial charge in [-0.25, -0.2) is 4.98 Å². The molecular weight excluding hydrogens is 228 g/mol. The molecule has 0 aliphatic heterocycles. The summed E-state index contributed by atoms with van der Waals surface area (Å²) in [5.41, 5.74) is 3.19. The first-order valence-electron chi connectivity index (χ1n) is 5.50. The molecular formula is C14H12N2S. The Morgan fingerprint density at radius 1 is 1.12 bits per heavy atom. The zero-order chi connectivity index (χ0) is 11.7. The van der Waals surface area contributed by atoms with E-state index in [-0.39, 0.29) is 0 Å². The number of nitrogens with zero attached hydrogens (tertiary/aromatic N) is 1. The molecule has 1 N–H and O–H groups in total. The SMILES string of the molecule is CNc1cc(-c2cccs2)nc2ccccc12. The zero-order valence-electron chi connectivity index (χ0n) is 9.47. The molecule has 0 aliphatic carbocycles. The van der Waals surface area contributed by atoms with Gasteiger partial charge in [-0.2, -0.15) is 0 Å². The highest BCUT2D eigenvalue weighted by Crippen LogP contribution is 2.30. The number of hydrogen-bond donors (Lipinski definition) is 1. The van der Waals surface area contributed by atoms with Crippen LogP contribution < -0.4 is 5.32 Å². The van der Waals surface area contributed by atoms with E-state index in [1.165, 1.54) is 4.88 Å². The zero-order valence-corrected chi connectivity index (χ0v) is 10.3. The molecule has 0 amide bonds. The molecule has 0 fully saturated rings. The van der Waals surface area contributed by atoms with Crippen LogP contribution in [0.1, 0.15) is 0 Å². The van der Waals surface area contributed by atoms with E-state index < -0.39 is 0 Å². The van der Waals surface area contributed by atoms with Crippen LogP contribution in [0.4, 0.5) is 5.69 Å². The third kappa shape index (κ3) is 1.78. The molecule has 0 aliphatic rings. The van der Waals surface area contributed by atoms with Gasteiger partial charge < -0.3 is 5.32 Å². The first kappa shape index (κ1) is 10.3. The van der Waals surface area contributed by atoms with Crippen molar-refractivity contribution in [2.24, 2.45) is 0 Å². The van der Waals surface area contributed by atoms with Gasteiger partial charge in [0, 0.05) is 18.1 Å². The monoisotopic (exact) mass is 240 g/mol. The van der Waals surface area contributed by atoms with Crippen molar-refractivity contribution >= 4 is 27.9 Å². The van der Waals surface area contributed by atoms with Crippen LogP contribution in [0, 0.1) is 0 Å². The van der Waals surface area contributed by atoms with Gasteiger partial charge in [-0.3, -0.25) is 0 Å². The summed E-state index contributed by atoms with van der Waals surface area (Å²) >= 11 is 1.71. The summed E-state index contributed by atoms with van der Waals surface area (Å²) in [4.78, 5) is 5.90. The number of hydrogen-bond acceptors (Lipinski definition) is 3. The topological polar surface area (TPSA) is 24.9 Å². The Bertz CT molecular complexity index is 644. The minimum absolute atomic E-state index is 1.03. The summed E-state index contributed by atoms with van der Waals surface area (Å²) in [7, 11) is 1.94. The number of fused-ring (bicyclic) bond motifs is 1. The molecule has 0 saturated heterocycles. The van der Waals surface area contributed by atoms with E-state index in [4.69, 9.17) is 4.98 Å². The maximum Gasteiger partial charge on any atom is 0.0829 e. The van der Waals surface area contributed by atoms with Crippen molar-refractivity contribution in [2.45, 2.75) is 0 Å². The van der Waals surface area contributed by atoms with Crippen molar-refractivity contribution in [1.29, 1.82) is 0 Å². The number of benzene rings is 1. The van der Waals surface area contributed by atoms with Crippen LogP contribution in [-0.2, 0) is 0 Å². The highest BCUT2D eigenvalue weighted by molar-refractivity contribution is 7.13. The summed E-state index contributed by atoms with van der Waals surface area (Å²) in [6.45, 7) is 0. The number of aromatic nitrogens is 1. The van der Waals surface area contributed by atoms with E-state index in [1.807, 2.05) is 25.2 Å². The molecule has 0 spiro atoms. The van der Waals surface area contributed by atoms with E-state index >= 15 is 0 Å². The molecule has 0 bridgehead atoms. The van der Waals surface area contributed by atoms with Gasteiger partial charge in [0.05, 0.1) is 16.1 Å². The van der Waals surface area contributed by atoms with Gasteiger partial charge >= 0.3 is 0 Å². The number of para-hydroxylation sites is 1. The number of nitrogens with one attached hydrogen (secondary N) is 1. The maximum atomic E-state index is 4.70. The van der Waals surface area contributed by atoms with Crippen molar-refractivity contribution in [3.05, 3.63) is 47.8 Å². The molecule has 3 aromatic rings. The van der Waals surface area contributed by atoms with Crippen molar-refractivity contribution < 1.29 is 0 Å². The smallest absolute Gasteiger partial charge is 0.0829 e. The second-order valence-electron chi connectivity index (χ2n) is 3.80. The second-order valence-corrected chi connectivity index (χ2v) is 4.75. The number of thiophene rings is 1. The van der Waals surface area contributed by atoms with E-state index in [0.717, 1.165) is 22.3 Å². The Labute approximate surface area is 104 Å². The Hall–Kier alpha value is -1.87. The van der Waals surface area contributed by atoms with E-state index in [9.17, 15) is 0 Å². The Kier molecular flexibility index (Phi) is 2.53. The Balaban J connectivity index is 2.28. The van der Waals surface area contributed by atoms with Crippen molar-refractivity contribution in [2.75, 3.05) is 12.4 Å². The lowest BCUT2D eigenvalue weighted by atomic mass is 10.1. The van der Waals surface area contributed by atoms with Gasteiger partial charge in [-0.05, 0) is 23.6 Å². The standard InChI is InChI=1S/C14H12N2S/c1-15-12-9-13(14-7-4-8-17-14)16-11-6-3-2-5-10(11)12/h2-9H,1H3,(H,15,16). The van der Waals surface area contributed by atoms with Gasteiger partial charge in [0.25, 0.3) is 0 Å². The van der Waals surface area contributed by atoms with Crippen molar-refractivity contribution in [1.82, 2.24) is 4.98 Å². The minimum Gasteiger partial charge on any atom is -0.388 e. The van der Waals surface area contributed by atoms with E-state index in [2.05, 4.69) is 35.0 Å². The lowest BCUT2D eigenvalue weighted by molar-refractivity contribution is 1.40. The average Bonchev–Trinajstić information content (AvgIpc) is 2.91. The molecule has 0 unspecified atom stereocenters.